The van der Waals surface area contributed by atoms with E-state index in [0.717, 1.165) is 32.8 Å². The molecule has 176 valence electrons. The van der Waals surface area contributed by atoms with Crippen LogP contribution in [0, 0.1) is 0 Å². The van der Waals surface area contributed by atoms with Crippen molar-refractivity contribution >= 4 is 55.4 Å². The normalized spacial score (nSPS) is 12.7. The van der Waals surface area contributed by atoms with Crippen LogP contribution in [0.5, 0.6) is 0 Å². The van der Waals surface area contributed by atoms with Gasteiger partial charge in [-0.15, -0.1) is 0 Å². The molecule has 0 spiro atoms. The molecule has 0 radical (unpaired) electrons. The molecule has 0 aliphatic heterocycles. The van der Waals surface area contributed by atoms with E-state index in [4.69, 9.17) is 21.0 Å². The summed E-state index contributed by atoms with van der Waals surface area (Å²) in [7, 11) is 1.31. The maximum absolute atomic E-state index is 13.0. The van der Waals surface area contributed by atoms with Crippen LogP contribution in [0.4, 0.5) is 0 Å². The molecule has 0 fully saturated rings. The number of benzene rings is 3. The molecular formula is C27H22ClN2O3PS. The van der Waals surface area contributed by atoms with Crippen molar-refractivity contribution in [3.8, 4) is 11.3 Å². The number of hydrogen-bond donors (Lipinski definition) is 0. The maximum atomic E-state index is 13.0. The van der Waals surface area contributed by atoms with Gasteiger partial charge in [0.25, 0.3) is 0 Å². The van der Waals surface area contributed by atoms with Crippen molar-refractivity contribution in [1.82, 2.24) is 9.38 Å². The number of hydrogen-bond acceptors (Lipinski definition) is 5. The third-order valence-corrected chi connectivity index (χ3v) is 13.5. The topological polar surface area (TPSA) is 60.7 Å². The Labute approximate surface area is 211 Å². The second kappa shape index (κ2) is 8.72. The molecule has 0 N–H and O–H groups in total. The molecule has 0 unspecified atom stereocenters. The van der Waals surface area contributed by atoms with Crippen LogP contribution < -0.4 is 21.5 Å². The Kier molecular flexibility index (Phi) is 5.84. The first-order valence-corrected chi connectivity index (χ1v) is 15.3. The van der Waals surface area contributed by atoms with Crippen molar-refractivity contribution in [2.24, 2.45) is 0 Å². The Balaban J connectivity index is 1.81. The summed E-state index contributed by atoms with van der Waals surface area (Å²) in [5, 5.41) is 2.94. The Morgan fingerprint density at radius 1 is 0.943 bits per heavy atom. The fraction of sp³-hybridized carbons (Fsp3) is 0.0741. The van der Waals surface area contributed by atoms with Crippen molar-refractivity contribution < 1.29 is 9.53 Å². The van der Waals surface area contributed by atoms with Gasteiger partial charge in [-0.2, -0.15) is 0 Å². The van der Waals surface area contributed by atoms with E-state index in [1.807, 2.05) is 60.7 Å². The van der Waals surface area contributed by atoms with Gasteiger partial charge in [-0.3, -0.25) is 0 Å². The molecule has 35 heavy (non-hydrogen) atoms. The Bertz CT molecular complexity index is 1570. The van der Waals surface area contributed by atoms with E-state index in [2.05, 4.69) is 30.9 Å². The van der Waals surface area contributed by atoms with Gasteiger partial charge in [-0.25, -0.2) is 0 Å². The third-order valence-electron chi connectivity index (χ3n) is 6.25. The summed E-state index contributed by atoms with van der Waals surface area (Å²) in [6.07, 6.45) is 1.46. The number of fused-ring (bicyclic) bond motifs is 1. The van der Waals surface area contributed by atoms with Gasteiger partial charge in [0.2, 0.25) is 0 Å². The average Bonchev–Trinajstić information content (AvgIpc) is 3.34. The van der Waals surface area contributed by atoms with Gasteiger partial charge in [0.1, 0.15) is 0 Å². The minimum absolute atomic E-state index is 0.281. The molecule has 0 atom stereocenters. The Morgan fingerprint density at radius 2 is 1.51 bits per heavy atom. The molecule has 8 heteroatoms. The summed E-state index contributed by atoms with van der Waals surface area (Å²) in [6, 6.07) is 29.5. The molecule has 5 rings (SSSR count). The van der Waals surface area contributed by atoms with Crippen molar-refractivity contribution in [2.75, 3.05) is 13.8 Å². The van der Waals surface area contributed by atoms with Crippen LogP contribution in [0.3, 0.4) is 0 Å². The molecule has 2 aromatic heterocycles. The molecule has 0 bridgehead atoms. The first-order valence-electron chi connectivity index (χ1n) is 10.9. The fourth-order valence-corrected chi connectivity index (χ4v) is 10.2. The second-order valence-electron chi connectivity index (χ2n) is 8.34. The summed E-state index contributed by atoms with van der Waals surface area (Å²) in [6.45, 7) is 2.11. The van der Waals surface area contributed by atoms with E-state index >= 15 is 0 Å². The van der Waals surface area contributed by atoms with Crippen LogP contribution in [0.15, 0.2) is 102 Å². The van der Waals surface area contributed by atoms with Gasteiger partial charge in [0, 0.05) is 0 Å². The predicted octanol–water partition coefficient (Wildman–Crippen LogP) is 4.82. The average molecular weight is 521 g/mol. The quantitative estimate of drug-likeness (QED) is 0.246. The summed E-state index contributed by atoms with van der Waals surface area (Å²) >= 11 is 9.02. The summed E-state index contributed by atoms with van der Waals surface area (Å²) < 4.78 is 6.18. The molecule has 0 aliphatic rings. The molecular weight excluding hydrogens is 499 g/mol. The van der Waals surface area contributed by atoms with Crippen molar-refractivity contribution in [3.63, 3.8) is 0 Å². The number of halogens is 1. The van der Waals surface area contributed by atoms with Crippen LogP contribution >= 0.6 is 28.5 Å². The monoisotopic (exact) mass is 520 g/mol. The van der Waals surface area contributed by atoms with Gasteiger partial charge in [0.05, 0.1) is 0 Å². The van der Waals surface area contributed by atoms with E-state index < -0.39 is 11.9 Å². The van der Waals surface area contributed by atoms with Gasteiger partial charge in [-0.1, -0.05) is 0 Å². The number of aromatic nitrogens is 2. The van der Waals surface area contributed by atoms with Crippen molar-refractivity contribution in [2.45, 2.75) is 0 Å². The molecule has 0 amide bonds. The van der Waals surface area contributed by atoms with Crippen molar-refractivity contribution in [3.05, 3.63) is 112 Å². The van der Waals surface area contributed by atoms with Gasteiger partial charge in [0.15, 0.2) is 0 Å². The molecule has 2 heterocycles. The van der Waals surface area contributed by atoms with Crippen LogP contribution in [-0.2, 0) is 4.74 Å². The third kappa shape index (κ3) is 3.79. The summed E-state index contributed by atoms with van der Waals surface area (Å²) in [5.74, 6) is -3.97. The molecule has 0 saturated carbocycles. The zero-order valence-electron chi connectivity index (χ0n) is 19.1. The standard InChI is InChI=1S/C27H22ClN2O3PS/c1-33-26(32)24-18-30-25(31)17-22(29-27(30)35-24)21-15-9-10-16-23(21)34(2,28,19-11-5-3-6-12-19)20-13-7-4-8-14-20/h3-18H,1-2H3. The molecule has 5 aromatic rings. The van der Waals surface area contributed by atoms with E-state index in [1.54, 1.807) is 0 Å². The van der Waals surface area contributed by atoms with Gasteiger partial charge >= 0.3 is 212 Å². The minimum atomic E-state index is -3.47. The number of carbonyl (C=O) groups is 1. The van der Waals surface area contributed by atoms with Crippen LogP contribution in [-0.4, -0.2) is 29.1 Å². The fourth-order valence-electron chi connectivity index (χ4n) is 4.38. The number of ether oxygens (including phenoxy) is 1. The van der Waals surface area contributed by atoms with E-state index in [0.29, 0.717) is 15.5 Å². The predicted molar refractivity (Wildman–Crippen MR) is 147 cm³/mol. The van der Waals surface area contributed by atoms with Crippen LogP contribution in [0.25, 0.3) is 16.2 Å². The van der Waals surface area contributed by atoms with E-state index in [1.165, 1.54) is 23.8 Å². The SMILES string of the molecule is COC(=O)c1cn2c(=O)cc(-c3ccccc3P(C)(Cl)(c3ccccc3)c3ccccc3)nc2s1. The molecule has 3 aromatic carbocycles. The summed E-state index contributed by atoms with van der Waals surface area (Å²) in [4.78, 5) is 30.5. The number of methoxy groups -OCH3 is 1. The number of thiazole rings is 1. The van der Waals surface area contributed by atoms with Crippen LogP contribution in [0.1, 0.15) is 9.67 Å². The number of rotatable bonds is 5. The van der Waals surface area contributed by atoms with E-state index in [-0.39, 0.29) is 5.56 Å². The number of carbonyl (C=O) groups excluding carboxylic acids is 1. The van der Waals surface area contributed by atoms with Gasteiger partial charge in [-0.05, 0) is 0 Å². The van der Waals surface area contributed by atoms with Crippen molar-refractivity contribution in [1.29, 1.82) is 0 Å². The zero-order chi connectivity index (χ0) is 24.7. The molecule has 0 aliphatic carbocycles. The van der Waals surface area contributed by atoms with E-state index in [9.17, 15) is 9.59 Å². The number of nitrogens with zero attached hydrogens (tertiary/aromatic N) is 2. The molecule has 0 saturated heterocycles. The second-order valence-corrected chi connectivity index (χ2v) is 16.3. The first kappa shape index (κ1) is 23.4. The zero-order valence-corrected chi connectivity index (χ0v) is 21.6. The Hall–Kier alpha value is -3.31. The Morgan fingerprint density at radius 3 is 2.11 bits per heavy atom. The molecule has 5 nitrogen and oxygen atoms in total. The first-order chi connectivity index (χ1) is 16.8. The van der Waals surface area contributed by atoms with Gasteiger partial charge < -0.3 is 0 Å². The number of esters is 1. The van der Waals surface area contributed by atoms with Crippen LogP contribution in [0.2, 0.25) is 0 Å². The summed E-state index contributed by atoms with van der Waals surface area (Å²) in [5.41, 5.74) is 1.01.